The van der Waals surface area contributed by atoms with Gasteiger partial charge in [-0.3, -0.25) is 0 Å². The smallest absolute Gasteiger partial charge is 0.337 e. The molecule has 7 heteroatoms. The molecule has 0 aliphatic carbocycles. The summed E-state index contributed by atoms with van der Waals surface area (Å²) in [6.45, 7) is 6.53. The molecule has 5 nitrogen and oxygen atoms in total. The van der Waals surface area contributed by atoms with E-state index >= 15 is 0 Å². The van der Waals surface area contributed by atoms with E-state index in [9.17, 15) is 9.59 Å². The highest BCUT2D eigenvalue weighted by Gasteiger charge is 2.19. The Morgan fingerprint density at radius 3 is 2.43 bits per heavy atom. The number of anilines is 1. The maximum Gasteiger partial charge on any atom is 0.337 e. The fourth-order valence-corrected chi connectivity index (χ4v) is 2.01. The average molecular weight is 333 g/mol. The molecule has 0 radical (unpaired) electrons. The largest absolute Gasteiger partial charge is 0.478 e. The lowest BCUT2D eigenvalue weighted by Gasteiger charge is -2.23. The fraction of sp³-hybridized carbons (Fsp3) is 0.429. The number of hydrogen-bond acceptors (Lipinski definition) is 2. The fourth-order valence-electron chi connectivity index (χ4n) is 1.47. The molecule has 116 valence electrons. The van der Waals surface area contributed by atoms with Gasteiger partial charge in [-0.1, -0.05) is 44.0 Å². The molecular formula is C14H18Cl2N2O3. The van der Waals surface area contributed by atoms with E-state index in [2.05, 4.69) is 10.6 Å². The van der Waals surface area contributed by atoms with Crippen LogP contribution in [-0.2, 0) is 0 Å². The number of carbonyl (C=O) groups is 2. The van der Waals surface area contributed by atoms with Crippen molar-refractivity contribution in [3.63, 3.8) is 0 Å². The predicted octanol–water partition coefficient (Wildman–Crippen LogP) is 4.25. The van der Waals surface area contributed by atoms with E-state index < -0.39 is 12.0 Å². The van der Waals surface area contributed by atoms with Gasteiger partial charge in [-0.25, -0.2) is 9.59 Å². The second kappa shape index (κ2) is 7.00. The first-order valence-corrected chi connectivity index (χ1v) is 7.19. The van der Waals surface area contributed by atoms with Gasteiger partial charge in [-0.2, -0.15) is 0 Å². The molecule has 0 aromatic heterocycles. The summed E-state index contributed by atoms with van der Waals surface area (Å²) >= 11 is 11.7. The SMILES string of the molecule is CCC(C)(C)CNC(=O)Nc1c(Cl)cc(Cl)cc1C(=O)O. The average Bonchev–Trinajstić information content (AvgIpc) is 2.39. The molecular weight excluding hydrogens is 315 g/mol. The third kappa shape index (κ3) is 5.10. The first-order valence-electron chi connectivity index (χ1n) is 6.43. The van der Waals surface area contributed by atoms with E-state index in [0.717, 1.165) is 6.42 Å². The second-order valence-electron chi connectivity index (χ2n) is 5.44. The van der Waals surface area contributed by atoms with Crippen LogP contribution in [0.1, 0.15) is 37.6 Å². The van der Waals surface area contributed by atoms with Crippen LogP contribution >= 0.6 is 23.2 Å². The summed E-state index contributed by atoms with van der Waals surface area (Å²) in [6, 6.07) is 2.10. The highest BCUT2D eigenvalue weighted by molar-refractivity contribution is 6.37. The van der Waals surface area contributed by atoms with Crippen LogP contribution < -0.4 is 10.6 Å². The highest BCUT2D eigenvalue weighted by atomic mass is 35.5. The lowest BCUT2D eigenvalue weighted by Crippen LogP contribution is -2.36. The van der Waals surface area contributed by atoms with E-state index in [-0.39, 0.29) is 26.7 Å². The molecule has 1 aromatic carbocycles. The summed E-state index contributed by atoms with van der Waals surface area (Å²) in [5.41, 5.74) is -0.172. The minimum absolute atomic E-state index is 0.0281. The first-order chi connectivity index (χ1) is 9.66. The van der Waals surface area contributed by atoms with E-state index in [1.54, 1.807) is 0 Å². The molecule has 0 aliphatic heterocycles. The summed E-state index contributed by atoms with van der Waals surface area (Å²) < 4.78 is 0. The highest BCUT2D eigenvalue weighted by Crippen LogP contribution is 2.30. The Morgan fingerprint density at radius 2 is 1.90 bits per heavy atom. The van der Waals surface area contributed by atoms with E-state index in [0.29, 0.717) is 6.54 Å². The summed E-state index contributed by atoms with van der Waals surface area (Å²) in [5.74, 6) is -1.22. The van der Waals surface area contributed by atoms with Crippen LogP contribution in [-0.4, -0.2) is 23.7 Å². The number of hydrogen-bond donors (Lipinski definition) is 3. The van der Waals surface area contributed by atoms with Crippen molar-refractivity contribution in [1.29, 1.82) is 0 Å². The standard InChI is InChI=1S/C14H18Cl2N2O3/c1-4-14(2,3)7-17-13(21)18-11-9(12(19)20)5-8(15)6-10(11)16/h5-6H,4,7H2,1-3H3,(H,19,20)(H2,17,18,21). The number of halogens is 2. The molecule has 0 bridgehead atoms. The van der Waals surface area contributed by atoms with E-state index in [1.807, 2.05) is 20.8 Å². The van der Waals surface area contributed by atoms with Crippen molar-refractivity contribution in [2.75, 3.05) is 11.9 Å². The molecule has 2 amide bonds. The molecule has 1 rings (SSSR count). The molecule has 0 unspecified atom stereocenters. The van der Waals surface area contributed by atoms with Gasteiger partial charge in [0.1, 0.15) is 0 Å². The topological polar surface area (TPSA) is 78.4 Å². The number of aromatic carboxylic acids is 1. The minimum atomic E-state index is -1.22. The Bertz CT molecular complexity index is 559. The summed E-state index contributed by atoms with van der Waals surface area (Å²) in [5, 5.41) is 14.6. The van der Waals surface area contributed by atoms with E-state index in [4.69, 9.17) is 28.3 Å². The van der Waals surface area contributed by atoms with Crippen LogP contribution in [0.2, 0.25) is 10.0 Å². The second-order valence-corrected chi connectivity index (χ2v) is 6.28. The Labute approximate surface area is 133 Å². The van der Waals surface area contributed by atoms with Crippen molar-refractivity contribution in [3.8, 4) is 0 Å². The zero-order chi connectivity index (χ0) is 16.2. The molecule has 0 spiro atoms. The minimum Gasteiger partial charge on any atom is -0.478 e. The van der Waals surface area contributed by atoms with Gasteiger partial charge in [0.25, 0.3) is 0 Å². The lowest BCUT2D eigenvalue weighted by atomic mass is 9.90. The van der Waals surface area contributed by atoms with E-state index in [1.165, 1.54) is 12.1 Å². The van der Waals surface area contributed by atoms with Crippen molar-refractivity contribution in [3.05, 3.63) is 27.7 Å². The number of rotatable bonds is 5. The van der Waals surface area contributed by atoms with Gasteiger partial charge < -0.3 is 15.7 Å². The Morgan fingerprint density at radius 1 is 1.29 bits per heavy atom. The molecule has 0 atom stereocenters. The third-order valence-electron chi connectivity index (χ3n) is 3.21. The summed E-state index contributed by atoms with van der Waals surface area (Å²) in [7, 11) is 0. The van der Waals surface area contributed by atoms with Gasteiger partial charge >= 0.3 is 12.0 Å². The summed E-state index contributed by atoms with van der Waals surface area (Å²) in [6.07, 6.45) is 0.898. The van der Waals surface area contributed by atoms with Crippen molar-refractivity contribution in [2.24, 2.45) is 5.41 Å². The monoisotopic (exact) mass is 332 g/mol. The number of carboxylic acid groups (broad SMARTS) is 1. The number of carboxylic acids is 1. The molecule has 1 aromatic rings. The molecule has 0 heterocycles. The molecule has 0 fully saturated rings. The molecule has 21 heavy (non-hydrogen) atoms. The normalized spacial score (nSPS) is 11.1. The molecule has 0 aliphatic rings. The van der Waals surface area contributed by atoms with Crippen LogP contribution in [0.4, 0.5) is 10.5 Å². The number of urea groups is 1. The molecule has 3 N–H and O–H groups in total. The van der Waals surface area contributed by atoms with Crippen LogP contribution in [0.25, 0.3) is 0 Å². The van der Waals surface area contributed by atoms with Crippen LogP contribution in [0.15, 0.2) is 12.1 Å². The van der Waals surface area contributed by atoms with Gasteiger partial charge in [0.2, 0.25) is 0 Å². The molecule has 0 saturated heterocycles. The van der Waals surface area contributed by atoms with Gasteiger partial charge in [-0.05, 0) is 24.0 Å². The van der Waals surface area contributed by atoms with Gasteiger partial charge in [0, 0.05) is 11.6 Å². The number of carbonyl (C=O) groups excluding carboxylic acids is 1. The molecule has 0 saturated carbocycles. The van der Waals surface area contributed by atoms with Gasteiger partial charge in [0.15, 0.2) is 0 Å². The summed E-state index contributed by atoms with van der Waals surface area (Å²) in [4.78, 5) is 23.1. The Hall–Kier alpha value is -1.46. The van der Waals surface area contributed by atoms with Crippen LogP contribution in [0.5, 0.6) is 0 Å². The van der Waals surface area contributed by atoms with Gasteiger partial charge in [-0.15, -0.1) is 0 Å². The zero-order valence-electron chi connectivity index (χ0n) is 12.1. The Balaban J connectivity index is 2.88. The third-order valence-corrected chi connectivity index (χ3v) is 3.72. The number of benzene rings is 1. The van der Waals surface area contributed by atoms with Crippen molar-refractivity contribution in [1.82, 2.24) is 5.32 Å². The number of amides is 2. The van der Waals surface area contributed by atoms with Crippen molar-refractivity contribution in [2.45, 2.75) is 27.2 Å². The first kappa shape index (κ1) is 17.6. The predicted molar refractivity (Wildman–Crippen MR) is 84.5 cm³/mol. The van der Waals surface area contributed by atoms with Crippen molar-refractivity contribution >= 4 is 40.9 Å². The quantitative estimate of drug-likeness (QED) is 0.754. The van der Waals surface area contributed by atoms with Crippen LogP contribution in [0, 0.1) is 5.41 Å². The van der Waals surface area contributed by atoms with Crippen molar-refractivity contribution < 1.29 is 14.7 Å². The maximum absolute atomic E-state index is 11.9. The number of nitrogens with one attached hydrogen (secondary N) is 2. The zero-order valence-corrected chi connectivity index (χ0v) is 13.6. The van der Waals surface area contributed by atoms with Gasteiger partial charge in [0.05, 0.1) is 16.3 Å². The lowest BCUT2D eigenvalue weighted by molar-refractivity contribution is 0.0698. The Kier molecular flexibility index (Phi) is 5.87. The maximum atomic E-state index is 11.9. The van der Waals surface area contributed by atoms with Crippen LogP contribution in [0.3, 0.4) is 0 Å².